The normalized spacial score (nSPS) is 13.1. The second-order valence-corrected chi connectivity index (χ2v) is 8.97. The average Bonchev–Trinajstić information content (AvgIpc) is 2.79. The number of aromatic nitrogens is 1. The molecule has 24 heavy (non-hydrogen) atoms. The zero-order valence-electron chi connectivity index (χ0n) is 16.0. The minimum atomic E-state index is 0.163. The maximum absolute atomic E-state index is 4.07. The minimum absolute atomic E-state index is 0.163. The molecular weight excluding hydrogens is 290 g/mol. The van der Waals surface area contributed by atoms with Gasteiger partial charge < -0.3 is 4.57 Å². The van der Waals surface area contributed by atoms with Gasteiger partial charge in [0.25, 0.3) is 0 Å². The predicted molar refractivity (Wildman–Crippen MR) is 107 cm³/mol. The Morgan fingerprint density at radius 3 is 1.50 bits per heavy atom. The van der Waals surface area contributed by atoms with Crippen molar-refractivity contribution in [2.24, 2.45) is 0 Å². The van der Waals surface area contributed by atoms with Gasteiger partial charge in [0.2, 0.25) is 0 Å². The molecule has 0 saturated carbocycles. The number of hydrogen-bond donors (Lipinski definition) is 0. The summed E-state index contributed by atoms with van der Waals surface area (Å²) in [5.74, 6) is 0. The van der Waals surface area contributed by atoms with Crippen LogP contribution in [0.4, 0.5) is 0 Å². The highest BCUT2D eigenvalue weighted by atomic mass is 15.0. The van der Waals surface area contributed by atoms with Crippen LogP contribution < -0.4 is 0 Å². The predicted octanol–water partition coefficient (Wildman–Crippen LogP) is 6.61. The Balaban J connectivity index is 2.38. The zero-order valence-corrected chi connectivity index (χ0v) is 16.0. The topological polar surface area (TPSA) is 4.93 Å². The van der Waals surface area contributed by atoms with Crippen molar-refractivity contribution in [3.8, 4) is 0 Å². The lowest BCUT2D eigenvalue weighted by molar-refractivity contribution is 0.590. The van der Waals surface area contributed by atoms with Gasteiger partial charge in [0, 0.05) is 28.4 Å². The molecule has 0 aliphatic carbocycles. The van der Waals surface area contributed by atoms with Crippen LogP contribution in [-0.2, 0) is 17.4 Å². The summed E-state index contributed by atoms with van der Waals surface area (Å²) < 4.78 is 2.43. The second kappa shape index (κ2) is 5.65. The van der Waals surface area contributed by atoms with E-state index in [0.717, 1.165) is 13.0 Å². The van der Waals surface area contributed by atoms with E-state index in [1.165, 1.54) is 32.9 Å². The van der Waals surface area contributed by atoms with Gasteiger partial charge in [0.15, 0.2) is 0 Å². The average molecular weight is 320 g/mol. The number of benzene rings is 2. The Hall–Kier alpha value is -1.76. The Morgan fingerprint density at radius 2 is 1.17 bits per heavy atom. The van der Waals surface area contributed by atoms with Crippen molar-refractivity contribution in [3.63, 3.8) is 0 Å². The molecule has 1 heteroatoms. The number of rotatable bonds is 2. The Morgan fingerprint density at radius 1 is 0.750 bits per heavy atom. The molecule has 1 heterocycles. The van der Waals surface area contributed by atoms with E-state index in [1.807, 2.05) is 0 Å². The van der Waals surface area contributed by atoms with Gasteiger partial charge in [-0.1, -0.05) is 60.6 Å². The summed E-state index contributed by atoms with van der Waals surface area (Å²) in [5.41, 5.74) is 5.77. The highest BCUT2D eigenvalue weighted by Gasteiger charge is 2.19. The lowest BCUT2D eigenvalue weighted by atomic mass is 9.85. The smallest absolute Gasteiger partial charge is 0.0491 e. The van der Waals surface area contributed by atoms with Crippen molar-refractivity contribution >= 4 is 21.8 Å². The molecule has 2 aromatic carbocycles. The first-order valence-corrected chi connectivity index (χ1v) is 8.99. The van der Waals surface area contributed by atoms with Crippen LogP contribution in [0, 0.1) is 6.92 Å². The molecule has 0 unspecified atom stereocenters. The quantitative estimate of drug-likeness (QED) is 0.500. The second-order valence-electron chi connectivity index (χ2n) is 8.97. The summed E-state index contributed by atoms with van der Waals surface area (Å²) in [5, 5.41) is 2.74. The fourth-order valence-electron chi connectivity index (χ4n) is 3.44. The van der Waals surface area contributed by atoms with Crippen molar-refractivity contribution in [2.45, 2.75) is 65.3 Å². The molecule has 0 bridgehead atoms. The van der Waals surface area contributed by atoms with Gasteiger partial charge in [-0.3, -0.25) is 0 Å². The van der Waals surface area contributed by atoms with Crippen LogP contribution in [0.1, 0.15) is 59.1 Å². The molecule has 1 aromatic heterocycles. The lowest BCUT2D eigenvalue weighted by Gasteiger charge is -2.19. The molecule has 0 fully saturated rings. The van der Waals surface area contributed by atoms with Crippen LogP contribution in [0.2, 0.25) is 0 Å². The van der Waals surface area contributed by atoms with Gasteiger partial charge >= 0.3 is 0 Å². The van der Waals surface area contributed by atoms with Crippen molar-refractivity contribution in [1.82, 2.24) is 4.57 Å². The highest BCUT2D eigenvalue weighted by Crippen LogP contribution is 2.35. The van der Waals surface area contributed by atoms with E-state index >= 15 is 0 Å². The summed E-state index contributed by atoms with van der Waals surface area (Å²) in [4.78, 5) is 0. The first-order valence-electron chi connectivity index (χ1n) is 8.99. The summed E-state index contributed by atoms with van der Waals surface area (Å²) in [6, 6.07) is 13.9. The van der Waals surface area contributed by atoms with Crippen LogP contribution in [0.15, 0.2) is 36.4 Å². The molecule has 3 rings (SSSR count). The molecule has 0 spiro atoms. The number of nitrogens with zero attached hydrogens (tertiary/aromatic N) is 1. The maximum atomic E-state index is 4.07. The van der Waals surface area contributed by atoms with E-state index in [2.05, 4.69) is 89.4 Å². The summed E-state index contributed by atoms with van der Waals surface area (Å²) in [6.07, 6.45) is 0.904. The molecule has 3 aromatic rings. The highest BCUT2D eigenvalue weighted by molar-refractivity contribution is 6.08. The fraction of sp³-hybridized carbons (Fsp3) is 0.435. The Labute approximate surface area is 146 Å². The first-order chi connectivity index (χ1) is 11.1. The number of hydrogen-bond acceptors (Lipinski definition) is 0. The van der Waals surface area contributed by atoms with Gasteiger partial charge in [-0.2, -0.15) is 0 Å². The van der Waals surface area contributed by atoms with Gasteiger partial charge in [-0.05, 0) is 52.6 Å². The van der Waals surface area contributed by atoms with Gasteiger partial charge in [-0.15, -0.1) is 0 Å². The third kappa shape index (κ3) is 2.85. The number of fused-ring (bicyclic) bond motifs is 3. The lowest BCUT2D eigenvalue weighted by Crippen LogP contribution is -2.10. The van der Waals surface area contributed by atoms with E-state index in [9.17, 15) is 0 Å². The maximum Gasteiger partial charge on any atom is 0.0491 e. The molecule has 127 valence electrons. The number of aryl methyl sites for hydroxylation is 1. The molecule has 0 atom stereocenters. The first kappa shape index (κ1) is 17.1. The molecule has 0 amide bonds. The van der Waals surface area contributed by atoms with Crippen molar-refractivity contribution in [3.05, 3.63) is 54.4 Å². The molecule has 0 aliphatic heterocycles. The van der Waals surface area contributed by atoms with E-state index < -0.39 is 0 Å². The molecule has 1 radical (unpaired) electrons. The van der Waals surface area contributed by atoms with Crippen molar-refractivity contribution in [2.75, 3.05) is 0 Å². The summed E-state index contributed by atoms with van der Waals surface area (Å²) in [7, 11) is 0. The van der Waals surface area contributed by atoms with Gasteiger partial charge in [-0.25, -0.2) is 0 Å². The fourth-order valence-corrected chi connectivity index (χ4v) is 3.44. The molecule has 0 N–H and O–H groups in total. The van der Waals surface area contributed by atoms with Crippen LogP contribution in [-0.4, -0.2) is 4.57 Å². The Kier molecular flexibility index (Phi) is 4.02. The molecule has 0 saturated heterocycles. The van der Waals surface area contributed by atoms with Crippen LogP contribution >= 0.6 is 0 Å². The standard InChI is InChI=1S/C23H30N/c1-8-13-24-20-11-9-16(22(2,3)4)14-18(20)19-15-17(23(5,6)7)10-12-21(19)24/h9-12,14-15H,1,8,13H2,2-7H3. The molecule has 1 nitrogen and oxygen atoms in total. The third-order valence-corrected chi connectivity index (χ3v) is 4.98. The minimum Gasteiger partial charge on any atom is -0.340 e. The SMILES string of the molecule is [CH2]CCn1c2ccc(C(C)(C)C)cc2c2cc(C(C)(C)C)ccc21. The van der Waals surface area contributed by atoms with E-state index in [4.69, 9.17) is 0 Å². The third-order valence-electron chi connectivity index (χ3n) is 4.98. The largest absolute Gasteiger partial charge is 0.340 e. The van der Waals surface area contributed by atoms with E-state index in [-0.39, 0.29) is 10.8 Å². The summed E-state index contributed by atoms with van der Waals surface area (Å²) in [6.45, 7) is 18.7. The van der Waals surface area contributed by atoms with Gasteiger partial charge in [0.1, 0.15) is 0 Å². The molecule has 0 aliphatic rings. The van der Waals surface area contributed by atoms with Crippen molar-refractivity contribution in [1.29, 1.82) is 0 Å². The van der Waals surface area contributed by atoms with E-state index in [1.54, 1.807) is 0 Å². The van der Waals surface area contributed by atoms with Crippen LogP contribution in [0.25, 0.3) is 21.8 Å². The van der Waals surface area contributed by atoms with Crippen LogP contribution in [0.5, 0.6) is 0 Å². The summed E-state index contributed by atoms with van der Waals surface area (Å²) >= 11 is 0. The van der Waals surface area contributed by atoms with E-state index in [0.29, 0.717) is 0 Å². The zero-order chi connectivity index (χ0) is 17.7. The monoisotopic (exact) mass is 320 g/mol. The molecular formula is C23H30N. The van der Waals surface area contributed by atoms with Crippen LogP contribution in [0.3, 0.4) is 0 Å². The Bertz CT molecular complexity index is 811. The van der Waals surface area contributed by atoms with Gasteiger partial charge in [0.05, 0.1) is 0 Å². The van der Waals surface area contributed by atoms with Crippen molar-refractivity contribution < 1.29 is 0 Å².